The molecule has 6 unspecified atom stereocenters. The zero-order chi connectivity index (χ0) is 29.2. The van der Waals surface area contributed by atoms with Crippen LogP contribution < -0.4 is 0 Å². The van der Waals surface area contributed by atoms with Gasteiger partial charge in [0.15, 0.2) is 0 Å². The van der Waals surface area contributed by atoms with Crippen molar-refractivity contribution in [2.45, 2.75) is 140 Å². The predicted molar refractivity (Wildman–Crippen MR) is 164 cm³/mol. The first-order valence-corrected chi connectivity index (χ1v) is 15.5. The number of aliphatic carboxylic acids is 1. The van der Waals surface area contributed by atoms with E-state index in [0.717, 1.165) is 44.9 Å². The zero-order valence-electron chi connectivity index (χ0n) is 26.1. The summed E-state index contributed by atoms with van der Waals surface area (Å²) in [5.74, 6) is 0.654. The van der Waals surface area contributed by atoms with E-state index in [1.54, 1.807) is 0 Å². The average molecular weight is 561 g/mol. The molecule has 3 aliphatic rings. The Bertz CT molecular complexity index is 963. The van der Waals surface area contributed by atoms with Gasteiger partial charge < -0.3 is 14.9 Å². The maximum Gasteiger partial charge on any atom is 0.309 e. The van der Waals surface area contributed by atoms with Crippen LogP contribution in [0.15, 0.2) is 23.3 Å². The van der Waals surface area contributed by atoms with E-state index in [2.05, 4.69) is 60.6 Å². The van der Waals surface area contributed by atoms with Crippen LogP contribution in [0.4, 0.5) is 0 Å². The van der Waals surface area contributed by atoms with E-state index in [9.17, 15) is 19.8 Å². The molecule has 0 amide bonds. The van der Waals surface area contributed by atoms with Crippen molar-refractivity contribution >= 4 is 11.8 Å². The summed E-state index contributed by atoms with van der Waals surface area (Å²) in [5.41, 5.74) is 1.78. The van der Waals surface area contributed by atoms with Gasteiger partial charge in [-0.1, -0.05) is 68.0 Å². The molecule has 0 radical (unpaired) electrons. The molecule has 5 nitrogen and oxygen atoms in total. The lowest BCUT2D eigenvalue weighted by molar-refractivity contribution is -0.148. The molecule has 0 aliphatic heterocycles. The molecule has 7 atom stereocenters. The van der Waals surface area contributed by atoms with Gasteiger partial charge in [-0.3, -0.25) is 9.59 Å². The number of carbonyl (C=O) groups excluding carboxylic acids is 1. The second-order valence-electron chi connectivity index (χ2n) is 14.7. The third-order valence-corrected chi connectivity index (χ3v) is 11.6. The van der Waals surface area contributed by atoms with E-state index in [4.69, 9.17) is 4.74 Å². The van der Waals surface area contributed by atoms with Crippen LogP contribution in [0.25, 0.3) is 0 Å². The molecule has 230 valence electrons. The first-order chi connectivity index (χ1) is 18.2. The van der Waals surface area contributed by atoms with E-state index >= 15 is 0 Å². The van der Waals surface area contributed by atoms with Crippen molar-refractivity contribution in [2.75, 3.05) is 6.79 Å². The number of hydrogen-bond acceptors (Lipinski definition) is 4. The third kappa shape index (κ3) is 6.94. The Balaban J connectivity index is 0.00000560. The average Bonchev–Trinajstić information content (AvgIpc) is 3.08. The molecular formula is C35H60O5. The van der Waals surface area contributed by atoms with Crippen LogP contribution in [-0.2, 0) is 14.3 Å². The number of rotatable bonds is 9. The largest absolute Gasteiger partial charge is 0.481 e. The summed E-state index contributed by atoms with van der Waals surface area (Å²) < 4.78 is 5.74. The van der Waals surface area contributed by atoms with Gasteiger partial charge in [0.05, 0.1) is 11.5 Å². The van der Waals surface area contributed by atoms with Crippen LogP contribution in [0.3, 0.4) is 0 Å². The van der Waals surface area contributed by atoms with Crippen molar-refractivity contribution < 1.29 is 24.5 Å². The molecule has 5 heteroatoms. The number of carboxylic acids is 1. The Morgan fingerprint density at radius 1 is 1.07 bits per heavy atom. The normalized spacial score (nSPS) is 38.4. The maximum absolute atomic E-state index is 13.3. The van der Waals surface area contributed by atoms with E-state index in [1.807, 2.05) is 6.92 Å². The first-order valence-electron chi connectivity index (χ1n) is 15.5. The summed E-state index contributed by atoms with van der Waals surface area (Å²) in [6.45, 7) is 17.8. The Labute approximate surface area is 245 Å². The smallest absolute Gasteiger partial charge is 0.309 e. The second kappa shape index (κ2) is 13.2. The minimum absolute atomic E-state index is 0. The monoisotopic (exact) mass is 560 g/mol. The van der Waals surface area contributed by atoms with E-state index < -0.39 is 11.4 Å². The topological polar surface area (TPSA) is 83.8 Å². The van der Waals surface area contributed by atoms with Crippen LogP contribution in [0, 0.1) is 39.4 Å². The quantitative estimate of drug-likeness (QED) is 0.275. The van der Waals surface area contributed by atoms with Crippen LogP contribution in [0.1, 0.15) is 133 Å². The SMILES string of the molecule is C.CCC1C(C2=CC[C@@](C)(C(=O)O)CCC2(C)CC)=CCC(=O)CC1(C)CCC1C(C)C(OCO)CCC1(C)C. The van der Waals surface area contributed by atoms with Gasteiger partial charge in [0.2, 0.25) is 0 Å². The van der Waals surface area contributed by atoms with Gasteiger partial charge in [-0.15, -0.1) is 0 Å². The van der Waals surface area contributed by atoms with Gasteiger partial charge in [-0.05, 0) is 110 Å². The van der Waals surface area contributed by atoms with Crippen molar-refractivity contribution in [1.29, 1.82) is 0 Å². The van der Waals surface area contributed by atoms with Crippen LogP contribution in [-0.4, -0.2) is 34.9 Å². The lowest BCUT2D eigenvalue weighted by Gasteiger charge is -2.48. The summed E-state index contributed by atoms with van der Waals surface area (Å²) in [7, 11) is 0. The summed E-state index contributed by atoms with van der Waals surface area (Å²) in [6, 6.07) is 0. The number of carboxylic acid groups (broad SMARTS) is 1. The van der Waals surface area contributed by atoms with Gasteiger partial charge in [0, 0.05) is 12.8 Å². The molecule has 3 rings (SSSR count). The molecule has 0 bridgehead atoms. The van der Waals surface area contributed by atoms with Crippen LogP contribution in [0.2, 0.25) is 0 Å². The molecule has 1 fully saturated rings. The van der Waals surface area contributed by atoms with Crippen molar-refractivity contribution in [3.63, 3.8) is 0 Å². The van der Waals surface area contributed by atoms with Gasteiger partial charge >= 0.3 is 5.97 Å². The molecule has 0 spiro atoms. The highest BCUT2D eigenvalue weighted by molar-refractivity contribution is 5.81. The highest BCUT2D eigenvalue weighted by atomic mass is 16.6. The molecule has 0 aromatic rings. The number of Topliss-reactive ketones (excluding diaryl/α,β-unsaturated/α-hetero) is 1. The fourth-order valence-corrected chi connectivity index (χ4v) is 8.45. The standard InChI is InChI=1S/C34H56O5.CH4/c1-9-26-25(28-14-17-33(7,30(37)38)20-19-32(28,6)10-2)12-11-24(36)21-34(26,8)18-13-27-23(3)29(39-22-35)15-16-31(27,4)5;/h12,14,23,26-27,29,35H,9-11,13,15-22H2,1-8H3,(H,37,38);1H4/t23?,26?,27?,29?,32?,33-,34?;/m1./s1. The number of carbonyl (C=O) groups is 2. The fourth-order valence-electron chi connectivity index (χ4n) is 8.45. The van der Waals surface area contributed by atoms with E-state index in [1.165, 1.54) is 11.1 Å². The number of aliphatic hydroxyl groups is 1. The second-order valence-corrected chi connectivity index (χ2v) is 14.7. The third-order valence-electron chi connectivity index (χ3n) is 11.6. The minimum Gasteiger partial charge on any atom is -0.481 e. The number of ketones is 1. The Morgan fingerprint density at radius 3 is 2.33 bits per heavy atom. The van der Waals surface area contributed by atoms with Crippen molar-refractivity contribution in [3.05, 3.63) is 23.3 Å². The highest BCUT2D eigenvalue weighted by Gasteiger charge is 2.47. The maximum atomic E-state index is 13.3. The van der Waals surface area contributed by atoms with Gasteiger partial charge in [-0.25, -0.2) is 0 Å². The number of aliphatic hydroxyl groups excluding tert-OH is 1. The number of allylic oxidation sites excluding steroid dienone is 4. The van der Waals surface area contributed by atoms with E-state index in [-0.39, 0.29) is 42.5 Å². The summed E-state index contributed by atoms with van der Waals surface area (Å²) in [4.78, 5) is 25.5. The summed E-state index contributed by atoms with van der Waals surface area (Å²) in [6.07, 6.45) is 13.6. The van der Waals surface area contributed by atoms with Crippen molar-refractivity contribution in [1.82, 2.24) is 0 Å². The Kier molecular flexibility index (Phi) is 11.5. The van der Waals surface area contributed by atoms with Crippen LogP contribution in [0.5, 0.6) is 0 Å². The molecule has 0 heterocycles. The summed E-state index contributed by atoms with van der Waals surface area (Å²) in [5, 5.41) is 19.5. The number of hydrogen-bond donors (Lipinski definition) is 2. The molecule has 0 aromatic heterocycles. The van der Waals surface area contributed by atoms with Crippen molar-refractivity contribution in [3.8, 4) is 0 Å². The van der Waals surface area contributed by atoms with Gasteiger partial charge in [-0.2, -0.15) is 0 Å². The molecule has 1 saturated carbocycles. The molecule has 40 heavy (non-hydrogen) atoms. The molecule has 0 aromatic carbocycles. The van der Waals surface area contributed by atoms with Gasteiger partial charge in [0.1, 0.15) is 12.6 Å². The highest BCUT2D eigenvalue weighted by Crippen LogP contribution is 2.55. The Morgan fingerprint density at radius 2 is 1.75 bits per heavy atom. The molecule has 2 N–H and O–H groups in total. The molecule has 3 aliphatic carbocycles. The van der Waals surface area contributed by atoms with E-state index in [0.29, 0.717) is 43.3 Å². The molecular weight excluding hydrogens is 500 g/mol. The van der Waals surface area contributed by atoms with Crippen molar-refractivity contribution in [2.24, 2.45) is 39.4 Å². The lowest BCUT2D eigenvalue weighted by Crippen LogP contribution is -2.43. The van der Waals surface area contributed by atoms with Crippen LogP contribution >= 0.6 is 0 Å². The Hall–Kier alpha value is -1.46. The first kappa shape index (κ1) is 34.7. The summed E-state index contributed by atoms with van der Waals surface area (Å²) >= 11 is 0. The fraction of sp³-hybridized carbons (Fsp3) is 0.829. The molecule has 0 saturated heterocycles. The zero-order valence-corrected chi connectivity index (χ0v) is 26.1. The lowest BCUT2D eigenvalue weighted by atomic mass is 9.58. The predicted octanol–water partition coefficient (Wildman–Crippen LogP) is 8.75. The number of ether oxygens (including phenoxy) is 1. The minimum atomic E-state index is -0.750. The van der Waals surface area contributed by atoms with Gasteiger partial charge in [0.25, 0.3) is 0 Å².